The minimum atomic E-state index is -0.0962. The van der Waals surface area contributed by atoms with E-state index in [1.165, 1.54) is 28.7 Å². The maximum atomic E-state index is 12.1. The molecule has 1 N–H and O–H groups in total. The number of nitrogens with zero attached hydrogens (tertiary/aromatic N) is 4. The zero-order valence-corrected chi connectivity index (χ0v) is 16.6. The maximum Gasteiger partial charge on any atom is 0.236 e. The van der Waals surface area contributed by atoms with Crippen LogP contribution in [0.2, 0.25) is 0 Å². The Labute approximate surface area is 161 Å². The predicted octanol–water partition coefficient (Wildman–Crippen LogP) is 4.10. The van der Waals surface area contributed by atoms with Crippen LogP contribution in [0.4, 0.5) is 5.13 Å². The molecule has 3 aromatic rings. The van der Waals surface area contributed by atoms with Crippen LogP contribution in [0.25, 0.3) is 11.4 Å². The van der Waals surface area contributed by atoms with Gasteiger partial charge in [0.1, 0.15) is 0 Å². The van der Waals surface area contributed by atoms with E-state index in [0.29, 0.717) is 11.0 Å². The summed E-state index contributed by atoms with van der Waals surface area (Å²) in [4.78, 5) is 16.2. The Balaban J connectivity index is 1.77. The zero-order valence-electron chi connectivity index (χ0n) is 15.0. The van der Waals surface area contributed by atoms with Crippen molar-refractivity contribution in [2.24, 2.45) is 5.92 Å². The Kier molecular flexibility index (Phi) is 6.05. The predicted molar refractivity (Wildman–Crippen MR) is 107 cm³/mol. The van der Waals surface area contributed by atoms with Crippen LogP contribution in [0.5, 0.6) is 0 Å². The molecule has 2 heterocycles. The molecule has 3 rings (SSSR count). The lowest BCUT2D eigenvalue weighted by atomic mass is 10.1. The van der Waals surface area contributed by atoms with E-state index in [1.807, 2.05) is 17.5 Å². The fourth-order valence-corrected chi connectivity index (χ4v) is 3.79. The lowest BCUT2D eigenvalue weighted by Gasteiger charge is -2.12. The number of hydrogen-bond donors (Lipinski definition) is 1. The van der Waals surface area contributed by atoms with Gasteiger partial charge < -0.3 is 9.88 Å². The van der Waals surface area contributed by atoms with Gasteiger partial charge in [-0.15, -0.1) is 21.5 Å². The molecular weight excluding hydrogens is 366 g/mol. The molecule has 0 bridgehead atoms. The van der Waals surface area contributed by atoms with Gasteiger partial charge in [-0.2, -0.15) is 0 Å². The number of carbonyl (C=O) groups excluding carboxylic acids is 1. The van der Waals surface area contributed by atoms with Gasteiger partial charge in [0.05, 0.1) is 5.75 Å². The normalized spacial score (nSPS) is 11.1. The number of aryl methyl sites for hydroxylation is 1. The lowest BCUT2D eigenvalue weighted by Crippen LogP contribution is -2.15. The molecule has 0 aliphatic carbocycles. The van der Waals surface area contributed by atoms with Gasteiger partial charge in [-0.25, -0.2) is 4.98 Å². The third-order valence-electron chi connectivity index (χ3n) is 3.55. The average molecular weight is 388 g/mol. The van der Waals surface area contributed by atoms with Crippen LogP contribution < -0.4 is 5.32 Å². The number of thioether (sulfide) groups is 1. The highest BCUT2D eigenvalue weighted by Gasteiger charge is 2.17. The molecule has 1 amide bonds. The third-order valence-corrected chi connectivity index (χ3v) is 5.21. The monoisotopic (exact) mass is 387 g/mol. The number of rotatable bonds is 7. The quantitative estimate of drug-likeness (QED) is 0.618. The Bertz CT molecular complexity index is 874. The van der Waals surface area contributed by atoms with Gasteiger partial charge in [0.15, 0.2) is 16.1 Å². The minimum absolute atomic E-state index is 0.0962. The molecule has 6 nitrogen and oxygen atoms in total. The number of benzene rings is 1. The molecule has 0 unspecified atom stereocenters. The van der Waals surface area contributed by atoms with Crippen LogP contribution in [-0.2, 0) is 11.3 Å². The second kappa shape index (κ2) is 8.46. The Morgan fingerprint density at radius 1 is 1.35 bits per heavy atom. The summed E-state index contributed by atoms with van der Waals surface area (Å²) in [5.74, 6) is 1.45. The van der Waals surface area contributed by atoms with Crippen molar-refractivity contribution in [3.63, 3.8) is 0 Å². The number of nitrogens with one attached hydrogen (secondary N) is 1. The van der Waals surface area contributed by atoms with Crippen LogP contribution in [0.3, 0.4) is 0 Å². The van der Waals surface area contributed by atoms with Crippen LogP contribution in [0, 0.1) is 12.8 Å². The van der Waals surface area contributed by atoms with E-state index >= 15 is 0 Å². The van der Waals surface area contributed by atoms with Gasteiger partial charge in [-0.1, -0.05) is 49.4 Å². The first kappa shape index (κ1) is 18.6. The second-order valence-electron chi connectivity index (χ2n) is 6.35. The van der Waals surface area contributed by atoms with Crippen molar-refractivity contribution < 1.29 is 4.79 Å². The van der Waals surface area contributed by atoms with Crippen LogP contribution in [-0.4, -0.2) is 31.4 Å². The molecule has 0 aliphatic rings. The highest BCUT2D eigenvalue weighted by Crippen LogP contribution is 2.26. The molecule has 0 atom stereocenters. The first-order chi connectivity index (χ1) is 12.5. The van der Waals surface area contributed by atoms with Crippen molar-refractivity contribution in [1.82, 2.24) is 19.7 Å². The van der Waals surface area contributed by atoms with E-state index in [1.54, 1.807) is 6.20 Å². The number of anilines is 1. The lowest BCUT2D eigenvalue weighted by molar-refractivity contribution is -0.113. The Morgan fingerprint density at radius 3 is 2.88 bits per heavy atom. The number of thiazole rings is 1. The average Bonchev–Trinajstić information content (AvgIpc) is 3.22. The first-order valence-electron chi connectivity index (χ1n) is 8.35. The SMILES string of the molecule is Cc1cccc(-c2nnc(SCC(=O)Nc3nccs3)n2CC(C)C)c1. The number of aromatic nitrogens is 4. The summed E-state index contributed by atoms with van der Waals surface area (Å²) in [6, 6.07) is 8.22. The standard InChI is InChI=1S/C18H21N5OS2/c1-12(2)10-23-16(14-6-4-5-13(3)9-14)21-22-18(23)26-11-15(24)20-17-19-7-8-25-17/h4-9,12H,10-11H2,1-3H3,(H,19,20,24). The van der Waals surface area contributed by atoms with Crippen molar-refractivity contribution in [2.75, 3.05) is 11.1 Å². The van der Waals surface area contributed by atoms with E-state index < -0.39 is 0 Å². The molecule has 8 heteroatoms. The summed E-state index contributed by atoms with van der Waals surface area (Å²) in [5.41, 5.74) is 2.22. The van der Waals surface area contributed by atoms with Crippen LogP contribution in [0.1, 0.15) is 19.4 Å². The molecule has 0 radical (unpaired) electrons. The molecular formula is C18H21N5OS2. The van der Waals surface area contributed by atoms with Crippen molar-refractivity contribution >= 4 is 34.1 Å². The van der Waals surface area contributed by atoms with Gasteiger partial charge in [0, 0.05) is 23.7 Å². The van der Waals surface area contributed by atoms with Gasteiger partial charge in [0.2, 0.25) is 5.91 Å². The third kappa shape index (κ3) is 4.70. The van der Waals surface area contributed by atoms with Gasteiger partial charge in [-0.3, -0.25) is 4.79 Å². The van der Waals surface area contributed by atoms with E-state index in [-0.39, 0.29) is 11.7 Å². The number of amides is 1. The van der Waals surface area contributed by atoms with Crippen LogP contribution >= 0.6 is 23.1 Å². The van der Waals surface area contributed by atoms with Crippen molar-refractivity contribution in [1.29, 1.82) is 0 Å². The van der Waals surface area contributed by atoms with Gasteiger partial charge in [0.25, 0.3) is 0 Å². The second-order valence-corrected chi connectivity index (χ2v) is 8.19. The number of carbonyl (C=O) groups is 1. The van der Waals surface area contributed by atoms with E-state index in [2.05, 4.69) is 58.0 Å². The van der Waals surface area contributed by atoms with Gasteiger partial charge in [-0.05, 0) is 18.9 Å². The summed E-state index contributed by atoms with van der Waals surface area (Å²) in [6.45, 7) is 7.17. The summed E-state index contributed by atoms with van der Waals surface area (Å²) in [6.07, 6.45) is 1.67. The van der Waals surface area contributed by atoms with E-state index in [4.69, 9.17) is 0 Å². The molecule has 1 aromatic carbocycles. The molecule has 136 valence electrons. The highest BCUT2D eigenvalue weighted by atomic mass is 32.2. The number of hydrogen-bond acceptors (Lipinski definition) is 6. The van der Waals surface area contributed by atoms with E-state index in [0.717, 1.165) is 23.1 Å². The molecule has 0 saturated carbocycles. The molecule has 2 aromatic heterocycles. The fourth-order valence-electron chi connectivity index (χ4n) is 2.49. The topological polar surface area (TPSA) is 72.7 Å². The van der Waals surface area contributed by atoms with Crippen molar-refractivity contribution in [3.8, 4) is 11.4 Å². The van der Waals surface area contributed by atoms with Crippen LogP contribution in [0.15, 0.2) is 41.0 Å². The summed E-state index contributed by atoms with van der Waals surface area (Å²) >= 11 is 2.79. The Morgan fingerprint density at radius 2 is 2.19 bits per heavy atom. The largest absolute Gasteiger partial charge is 0.302 e. The smallest absolute Gasteiger partial charge is 0.236 e. The molecule has 0 fully saturated rings. The van der Waals surface area contributed by atoms with Crippen molar-refractivity contribution in [3.05, 3.63) is 41.4 Å². The van der Waals surface area contributed by atoms with E-state index in [9.17, 15) is 4.79 Å². The van der Waals surface area contributed by atoms with Gasteiger partial charge >= 0.3 is 0 Å². The molecule has 0 saturated heterocycles. The molecule has 0 aliphatic heterocycles. The Hall–Kier alpha value is -2.19. The summed E-state index contributed by atoms with van der Waals surface area (Å²) in [7, 11) is 0. The zero-order chi connectivity index (χ0) is 18.5. The fraction of sp³-hybridized carbons (Fsp3) is 0.333. The molecule has 0 spiro atoms. The first-order valence-corrected chi connectivity index (χ1v) is 10.2. The minimum Gasteiger partial charge on any atom is -0.302 e. The maximum absolute atomic E-state index is 12.1. The summed E-state index contributed by atoms with van der Waals surface area (Å²) in [5, 5.41) is 14.7. The van der Waals surface area contributed by atoms with Crippen molar-refractivity contribution in [2.45, 2.75) is 32.5 Å². The molecule has 26 heavy (non-hydrogen) atoms. The highest BCUT2D eigenvalue weighted by molar-refractivity contribution is 7.99. The summed E-state index contributed by atoms with van der Waals surface area (Å²) < 4.78 is 2.10.